The number of nitrogens with one attached hydrogen (secondary N) is 1. The number of anilines is 1. The van der Waals surface area contributed by atoms with E-state index >= 15 is 0 Å². The number of carbonyl (C=O) groups is 1. The van der Waals surface area contributed by atoms with Crippen molar-refractivity contribution in [1.29, 1.82) is 5.26 Å². The molecule has 2 rings (SSSR count). The number of hydrogen-bond acceptors (Lipinski definition) is 4. The fourth-order valence-corrected chi connectivity index (χ4v) is 2.44. The molecular formula is C16H16N2O2S. The van der Waals surface area contributed by atoms with Gasteiger partial charge < -0.3 is 10.1 Å². The number of carbonyl (C=O) groups excluding carboxylic acids is 1. The fraction of sp³-hybridized carbons (Fsp3) is 0.250. The summed E-state index contributed by atoms with van der Waals surface area (Å²) in [6.07, 6.45) is 1.21. The van der Waals surface area contributed by atoms with Crippen LogP contribution in [0.4, 0.5) is 5.69 Å². The average molecular weight is 300 g/mol. The zero-order chi connectivity index (χ0) is 14.9. The fourth-order valence-electron chi connectivity index (χ4n) is 1.75. The molecule has 0 aliphatic heterocycles. The molecule has 0 fully saturated rings. The Kier molecular flexibility index (Phi) is 5.95. The maximum Gasteiger partial charge on any atom is 0.226 e. The van der Waals surface area contributed by atoms with Crippen molar-refractivity contribution in [2.45, 2.75) is 12.8 Å². The molecular weight excluding hydrogens is 284 g/mol. The average Bonchev–Trinajstić information content (AvgIpc) is 3.01. The molecule has 1 N–H and O–H groups in total. The molecule has 2 aromatic rings. The van der Waals surface area contributed by atoms with Gasteiger partial charge in [0.25, 0.3) is 0 Å². The van der Waals surface area contributed by atoms with E-state index in [9.17, 15) is 4.79 Å². The molecule has 1 amide bonds. The van der Waals surface area contributed by atoms with Crippen LogP contribution < -0.4 is 5.32 Å². The quantitative estimate of drug-likeness (QED) is 0.799. The van der Waals surface area contributed by atoms with Gasteiger partial charge in [0.15, 0.2) is 0 Å². The molecule has 0 saturated carbocycles. The van der Waals surface area contributed by atoms with Gasteiger partial charge in [-0.1, -0.05) is 6.07 Å². The molecule has 1 heterocycles. The number of hydrogen-bond donors (Lipinski definition) is 1. The summed E-state index contributed by atoms with van der Waals surface area (Å²) in [5.74, 6) is -0.0872. The van der Waals surface area contributed by atoms with Crippen LogP contribution >= 0.6 is 11.3 Å². The topological polar surface area (TPSA) is 62.1 Å². The Morgan fingerprint density at radius 1 is 1.24 bits per heavy atom. The Hall–Kier alpha value is -2.16. The van der Waals surface area contributed by atoms with E-state index < -0.39 is 0 Å². The van der Waals surface area contributed by atoms with Crippen LogP contribution in [-0.2, 0) is 16.0 Å². The summed E-state index contributed by atoms with van der Waals surface area (Å²) in [5.41, 5.74) is 1.27. The van der Waals surface area contributed by atoms with Crippen molar-refractivity contribution in [2.24, 2.45) is 0 Å². The van der Waals surface area contributed by atoms with E-state index in [1.54, 1.807) is 35.6 Å². The van der Waals surface area contributed by atoms with Gasteiger partial charge >= 0.3 is 0 Å². The summed E-state index contributed by atoms with van der Waals surface area (Å²) in [7, 11) is 0. The van der Waals surface area contributed by atoms with Gasteiger partial charge in [-0.15, -0.1) is 11.3 Å². The Morgan fingerprint density at radius 3 is 2.71 bits per heavy atom. The highest BCUT2D eigenvalue weighted by atomic mass is 32.1. The zero-order valence-electron chi connectivity index (χ0n) is 11.5. The van der Waals surface area contributed by atoms with Crippen LogP contribution in [0.15, 0.2) is 41.8 Å². The second-order valence-electron chi connectivity index (χ2n) is 4.43. The molecule has 0 unspecified atom stereocenters. The second-order valence-corrected chi connectivity index (χ2v) is 5.46. The highest BCUT2D eigenvalue weighted by Crippen LogP contribution is 2.10. The van der Waals surface area contributed by atoms with Gasteiger partial charge in [-0.2, -0.15) is 5.26 Å². The third-order valence-corrected chi connectivity index (χ3v) is 3.78. The lowest BCUT2D eigenvalue weighted by Gasteiger charge is -2.06. The molecule has 0 aliphatic rings. The molecule has 4 nitrogen and oxygen atoms in total. The minimum atomic E-state index is -0.0872. The van der Waals surface area contributed by atoms with E-state index in [1.807, 2.05) is 17.5 Å². The summed E-state index contributed by atoms with van der Waals surface area (Å²) < 4.78 is 5.45. The van der Waals surface area contributed by atoms with Crippen LogP contribution in [0.1, 0.15) is 16.9 Å². The second kappa shape index (κ2) is 8.20. The zero-order valence-corrected chi connectivity index (χ0v) is 12.4. The molecule has 0 bridgehead atoms. The third-order valence-electron chi connectivity index (χ3n) is 2.84. The largest absolute Gasteiger partial charge is 0.381 e. The number of nitriles is 1. The van der Waals surface area contributed by atoms with Crippen molar-refractivity contribution in [3.8, 4) is 6.07 Å². The van der Waals surface area contributed by atoms with Crippen molar-refractivity contribution in [2.75, 3.05) is 18.5 Å². The van der Waals surface area contributed by atoms with E-state index in [0.717, 1.165) is 6.42 Å². The molecule has 108 valence electrons. The van der Waals surface area contributed by atoms with E-state index in [2.05, 4.69) is 11.4 Å². The number of nitrogens with zero attached hydrogens (tertiary/aromatic N) is 1. The van der Waals surface area contributed by atoms with Crippen molar-refractivity contribution in [1.82, 2.24) is 0 Å². The Labute approximate surface area is 128 Å². The van der Waals surface area contributed by atoms with Crippen LogP contribution in [0.5, 0.6) is 0 Å². The predicted octanol–water partition coefficient (Wildman–Crippen LogP) is 3.21. The first-order valence-corrected chi connectivity index (χ1v) is 7.56. The van der Waals surface area contributed by atoms with E-state index in [0.29, 0.717) is 30.9 Å². The van der Waals surface area contributed by atoms with Crippen molar-refractivity contribution in [3.63, 3.8) is 0 Å². The van der Waals surface area contributed by atoms with Gasteiger partial charge in [-0.05, 0) is 35.7 Å². The summed E-state index contributed by atoms with van der Waals surface area (Å²) in [6, 6.07) is 12.9. The van der Waals surface area contributed by atoms with Crippen molar-refractivity contribution in [3.05, 3.63) is 52.2 Å². The standard InChI is InChI=1S/C16H16N2O2S/c17-12-13-3-5-14(6-4-13)18-16(19)8-10-20-9-7-15-2-1-11-21-15/h1-6,11H,7-10H2,(H,18,19). The van der Waals surface area contributed by atoms with Gasteiger partial charge in [0, 0.05) is 17.0 Å². The molecule has 0 saturated heterocycles. The van der Waals surface area contributed by atoms with E-state index in [4.69, 9.17) is 10.00 Å². The Bertz CT molecular complexity index is 600. The highest BCUT2D eigenvalue weighted by Gasteiger charge is 2.03. The first kappa shape index (κ1) is 15.2. The number of amides is 1. The lowest BCUT2D eigenvalue weighted by Crippen LogP contribution is -2.14. The van der Waals surface area contributed by atoms with E-state index in [-0.39, 0.29) is 5.91 Å². The number of thiophene rings is 1. The molecule has 0 aliphatic carbocycles. The van der Waals surface area contributed by atoms with Gasteiger partial charge in [-0.25, -0.2) is 0 Å². The number of rotatable bonds is 7. The van der Waals surface area contributed by atoms with Gasteiger partial charge in [0.2, 0.25) is 5.91 Å². The summed E-state index contributed by atoms with van der Waals surface area (Å²) >= 11 is 1.71. The molecule has 0 atom stereocenters. The van der Waals surface area contributed by atoms with Crippen LogP contribution in [-0.4, -0.2) is 19.1 Å². The van der Waals surface area contributed by atoms with Gasteiger partial charge in [-0.3, -0.25) is 4.79 Å². The maximum atomic E-state index is 11.7. The SMILES string of the molecule is N#Cc1ccc(NC(=O)CCOCCc2cccs2)cc1. The third kappa shape index (κ3) is 5.38. The Balaban J connectivity index is 1.62. The smallest absolute Gasteiger partial charge is 0.226 e. The minimum Gasteiger partial charge on any atom is -0.381 e. The summed E-state index contributed by atoms with van der Waals surface area (Å²) in [5, 5.41) is 13.5. The number of ether oxygens (including phenoxy) is 1. The first-order valence-electron chi connectivity index (χ1n) is 6.68. The predicted molar refractivity (Wildman–Crippen MR) is 83.2 cm³/mol. The minimum absolute atomic E-state index is 0.0872. The maximum absolute atomic E-state index is 11.7. The Morgan fingerprint density at radius 2 is 2.05 bits per heavy atom. The van der Waals surface area contributed by atoms with Gasteiger partial charge in [0.1, 0.15) is 0 Å². The lowest BCUT2D eigenvalue weighted by atomic mass is 10.2. The molecule has 0 spiro atoms. The lowest BCUT2D eigenvalue weighted by molar-refractivity contribution is -0.117. The molecule has 1 aromatic heterocycles. The summed E-state index contributed by atoms with van der Waals surface area (Å²) in [4.78, 5) is 13.0. The number of benzene rings is 1. The molecule has 21 heavy (non-hydrogen) atoms. The van der Waals surface area contributed by atoms with E-state index in [1.165, 1.54) is 4.88 Å². The monoisotopic (exact) mass is 300 g/mol. The van der Waals surface area contributed by atoms with Crippen LogP contribution in [0.25, 0.3) is 0 Å². The van der Waals surface area contributed by atoms with Crippen molar-refractivity contribution >= 4 is 22.9 Å². The van der Waals surface area contributed by atoms with Crippen molar-refractivity contribution < 1.29 is 9.53 Å². The van der Waals surface area contributed by atoms with Crippen LogP contribution in [0.2, 0.25) is 0 Å². The van der Waals surface area contributed by atoms with Crippen LogP contribution in [0.3, 0.4) is 0 Å². The normalized spacial score (nSPS) is 10.0. The highest BCUT2D eigenvalue weighted by molar-refractivity contribution is 7.09. The molecule has 5 heteroatoms. The first-order chi connectivity index (χ1) is 10.3. The molecule has 1 aromatic carbocycles. The van der Waals surface area contributed by atoms with Gasteiger partial charge in [0.05, 0.1) is 31.3 Å². The molecule has 0 radical (unpaired) electrons. The summed E-state index contributed by atoms with van der Waals surface area (Å²) in [6.45, 7) is 1.04. The van der Waals surface area contributed by atoms with Crippen LogP contribution in [0, 0.1) is 11.3 Å².